The Morgan fingerprint density at radius 1 is 1.29 bits per heavy atom. The average molecular weight is 288 g/mol. The van der Waals surface area contributed by atoms with E-state index in [1.165, 1.54) is 6.92 Å². The van der Waals surface area contributed by atoms with Gasteiger partial charge in [-0.05, 0) is 18.6 Å². The van der Waals surface area contributed by atoms with Gasteiger partial charge in [-0.2, -0.15) is 0 Å². The van der Waals surface area contributed by atoms with Crippen LogP contribution in [0, 0.1) is 0 Å². The van der Waals surface area contributed by atoms with E-state index in [2.05, 4.69) is 16.0 Å². The summed E-state index contributed by atoms with van der Waals surface area (Å²) >= 11 is 0. The minimum absolute atomic E-state index is 0.0240. The van der Waals surface area contributed by atoms with E-state index >= 15 is 0 Å². The fraction of sp³-hybridized carbons (Fsp3) is 0.467. The maximum absolute atomic E-state index is 12.7. The number of hydrogen-bond acceptors (Lipinski definition) is 4. The second-order valence-corrected chi connectivity index (χ2v) is 5.52. The second kappa shape index (κ2) is 5.63. The Balaban J connectivity index is 1.76. The first-order valence-corrected chi connectivity index (χ1v) is 7.32. The fourth-order valence-electron chi connectivity index (χ4n) is 2.97. The first-order valence-electron chi connectivity index (χ1n) is 7.32. The van der Waals surface area contributed by atoms with Crippen LogP contribution in [0.2, 0.25) is 0 Å². The molecule has 0 bridgehead atoms. The van der Waals surface area contributed by atoms with Crippen molar-refractivity contribution in [3.05, 3.63) is 23.8 Å². The van der Waals surface area contributed by atoms with Gasteiger partial charge in [0.1, 0.15) is 0 Å². The number of para-hydroxylation sites is 1. The van der Waals surface area contributed by atoms with Crippen molar-refractivity contribution < 1.29 is 9.59 Å². The van der Waals surface area contributed by atoms with Crippen LogP contribution in [0.5, 0.6) is 0 Å². The number of amides is 2. The fourth-order valence-corrected chi connectivity index (χ4v) is 2.97. The predicted octanol–water partition coefficient (Wildman–Crippen LogP) is 0.875. The van der Waals surface area contributed by atoms with Gasteiger partial charge in [-0.1, -0.05) is 6.07 Å². The van der Waals surface area contributed by atoms with Gasteiger partial charge < -0.3 is 20.9 Å². The summed E-state index contributed by atoms with van der Waals surface area (Å²) in [6, 6.07) is 5.79. The predicted molar refractivity (Wildman–Crippen MR) is 81.5 cm³/mol. The molecule has 2 amide bonds. The number of nitrogens with zero attached hydrogens (tertiary/aromatic N) is 1. The average Bonchev–Trinajstić information content (AvgIpc) is 2.93. The molecule has 1 atom stereocenters. The van der Waals surface area contributed by atoms with Crippen LogP contribution >= 0.6 is 0 Å². The van der Waals surface area contributed by atoms with Crippen LogP contribution in [0.3, 0.4) is 0 Å². The van der Waals surface area contributed by atoms with Crippen LogP contribution in [0.25, 0.3) is 0 Å². The summed E-state index contributed by atoms with van der Waals surface area (Å²) in [4.78, 5) is 25.6. The van der Waals surface area contributed by atoms with Gasteiger partial charge in [-0.25, -0.2) is 0 Å². The zero-order valence-corrected chi connectivity index (χ0v) is 12.1. The van der Waals surface area contributed by atoms with Gasteiger partial charge in [0, 0.05) is 39.1 Å². The lowest BCUT2D eigenvalue weighted by atomic mass is 10.1. The Kier molecular flexibility index (Phi) is 3.68. The Morgan fingerprint density at radius 3 is 2.90 bits per heavy atom. The Hall–Kier alpha value is -2.24. The van der Waals surface area contributed by atoms with Crippen molar-refractivity contribution in [2.24, 2.45) is 0 Å². The lowest BCUT2D eigenvalue weighted by Crippen LogP contribution is -2.37. The third-order valence-corrected chi connectivity index (χ3v) is 3.92. The van der Waals surface area contributed by atoms with Crippen molar-refractivity contribution in [1.29, 1.82) is 0 Å². The minimum Gasteiger partial charge on any atom is -0.382 e. The SMILES string of the molecule is CC(=O)NC1CCN(C(=O)c2cccc3c2NCCN3)C1. The molecule has 1 unspecified atom stereocenters. The molecule has 21 heavy (non-hydrogen) atoms. The third kappa shape index (κ3) is 2.79. The van der Waals surface area contributed by atoms with Gasteiger partial charge in [0.2, 0.25) is 5.91 Å². The molecule has 6 heteroatoms. The zero-order chi connectivity index (χ0) is 14.8. The van der Waals surface area contributed by atoms with Gasteiger partial charge >= 0.3 is 0 Å². The molecule has 2 aliphatic rings. The summed E-state index contributed by atoms with van der Waals surface area (Å²) in [5, 5.41) is 9.47. The van der Waals surface area contributed by atoms with Gasteiger partial charge in [-0.3, -0.25) is 9.59 Å². The largest absolute Gasteiger partial charge is 0.382 e. The molecule has 112 valence electrons. The number of hydrogen-bond donors (Lipinski definition) is 3. The van der Waals surface area contributed by atoms with Crippen LogP contribution in [0.15, 0.2) is 18.2 Å². The Labute approximate surface area is 123 Å². The molecule has 0 spiro atoms. The molecule has 3 N–H and O–H groups in total. The van der Waals surface area contributed by atoms with Gasteiger partial charge in [0.05, 0.1) is 16.9 Å². The van der Waals surface area contributed by atoms with Crippen molar-refractivity contribution in [3.63, 3.8) is 0 Å². The van der Waals surface area contributed by atoms with E-state index in [-0.39, 0.29) is 17.9 Å². The summed E-state index contributed by atoms with van der Waals surface area (Å²) in [7, 11) is 0. The summed E-state index contributed by atoms with van der Waals surface area (Å²) < 4.78 is 0. The molecule has 0 aromatic heterocycles. The summed E-state index contributed by atoms with van der Waals surface area (Å²) in [6.45, 7) is 4.44. The molecule has 1 aromatic carbocycles. The van der Waals surface area contributed by atoms with Crippen molar-refractivity contribution in [2.45, 2.75) is 19.4 Å². The molecule has 2 heterocycles. The molecule has 2 aliphatic heterocycles. The topological polar surface area (TPSA) is 73.5 Å². The van der Waals surface area contributed by atoms with Crippen molar-refractivity contribution in [1.82, 2.24) is 10.2 Å². The quantitative estimate of drug-likeness (QED) is 0.755. The van der Waals surface area contributed by atoms with Crippen molar-refractivity contribution in [2.75, 3.05) is 36.8 Å². The Morgan fingerprint density at radius 2 is 2.10 bits per heavy atom. The number of rotatable bonds is 2. The number of anilines is 2. The van der Waals surface area contributed by atoms with Crippen LogP contribution in [0.1, 0.15) is 23.7 Å². The van der Waals surface area contributed by atoms with E-state index in [1.54, 1.807) is 0 Å². The minimum atomic E-state index is -0.0442. The number of likely N-dealkylation sites (tertiary alicyclic amines) is 1. The van der Waals surface area contributed by atoms with E-state index in [0.717, 1.165) is 30.9 Å². The highest BCUT2D eigenvalue weighted by Crippen LogP contribution is 2.29. The first-order chi connectivity index (χ1) is 10.1. The Bertz CT molecular complexity index is 573. The number of carbonyl (C=O) groups is 2. The van der Waals surface area contributed by atoms with Gasteiger partial charge in [-0.15, -0.1) is 0 Å². The number of nitrogens with one attached hydrogen (secondary N) is 3. The summed E-state index contributed by atoms with van der Waals surface area (Å²) in [5.74, 6) is -0.0202. The van der Waals surface area contributed by atoms with Crippen LogP contribution in [0.4, 0.5) is 11.4 Å². The molecular weight excluding hydrogens is 268 g/mol. The van der Waals surface area contributed by atoms with Crippen molar-refractivity contribution >= 4 is 23.2 Å². The first kappa shape index (κ1) is 13.7. The van der Waals surface area contributed by atoms with E-state index < -0.39 is 0 Å². The molecule has 0 saturated carbocycles. The monoisotopic (exact) mass is 288 g/mol. The molecule has 1 saturated heterocycles. The highest BCUT2D eigenvalue weighted by atomic mass is 16.2. The highest BCUT2D eigenvalue weighted by Gasteiger charge is 2.29. The molecule has 1 fully saturated rings. The maximum atomic E-state index is 12.7. The smallest absolute Gasteiger partial charge is 0.256 e. The second-order valence-electron chi connectivity index (χ2n) is 5.52. The molecule has 3 rings (SSSR count). The van der Waals surface area contributed by atoms with E-state index in [4.69, 9.17) is 0 Å². The van der Waals surface area contributed by atoms with Crippen LogP contribution < -0.4 is 16.0 Å². The zero-order valence-electron chi connectivity index (χ0n) is 12.1. The summed E-state index contributed by atoms with van der Waals surface area (Å²) in [6.07, 6.45) is 0.812. The lowest BCUT2D eigenvalue weighted by Gasteiger charge is -2.24. The standard InChI is InChI=1S/C15H20N4O2/c1-10(20)18-11-5-8-19(9-11)15(21)12-3-2-4-13-14(12)17-7-6-16-13/h2-4,11,16-17H,5-9H2,1H3,(H,18,20). The van der Waals surface area contributed by atoms with E-state index in [0.29, 0.717) is 18.7 Å². The lowest BCUT2D eigenvalue weighted by molar-refractivity contribution is -0.119. The molecule has 0 radical (unpaired) electrons. The van der Waals surface area contributed by atoms with E-state index in [9.17, 15) is 9.59 Å². The van der Waals surface area contributed by atoms with Gasteiger partial charge in [0.15, 0.2) is 0 Å². The van der Waals surface area contributed by atoms with Crippen molar-refractivity contribution in [3.8, 4) is 0 Å². The molecule has 6 nitrogen and oxygen atoms in total. The van der Waals surface area contributed by atoms with Crippen LogP contribution in [-0.4, -0.2) is 48.9 Å². The number of carbonyl (C=O) groups excluding carboxylic acids is 2. The molecule has 0 aliphatic carbocycles. The number of benzene rings is 1. The third-order valence-electron chi connectivity index (χ3n) is 3.92. The normalized spacial score (nSPS) is 20.2. The van der Waals surface area contributed by atoms with Crippen LogP contribution in [-0.2, 0) is 4.79 Å². The highest BCUT2D eigenvalue weighted by molar-refractivity contribution is 6.03. The summed E-state index contributed by atoms with van der Waals surface area (Å²) in [5.41, 5.74) is 2.56. The van der Waals surface area contributed by atoms with Gasteiger partial charge in [0.25, 0.3) is 5.91 Å². The van der Waals surface area contributed by atoms with E-state index in [1.807, 2.05) is 23.1 Å². The number of fused-ring (bicyclic) bond motifs is 1. The molecular formula is C15H20N4O2. The maximum Gasteiger partial charge on any atom is 0.256 e. The molecule has 1 aromatic rings.